The van der Waals surface area contributed by atoms with E-state index in [0.29, 0.717) is 18.0 Å². The van der Waals surface area contributed by atoms with Crippen molar-refractivity contribution < 1.29 is 4.79 Å². The highest BCUT2D eigenvalue weighted by atomic mass is 35.5. The van der Waals surface area contributed by atoms with E-state index >= 15 is 0 Å². The first-order valence-electron chi connectivity index (χ1n) is 7.96. The SMILES string of the molecule is Cc1nc2cc(CCNC(=O)Cc3cccc(Cl)c3)ccc2n1C. The topological polar surface area (TPSA) is 46.9 Å². The van der Waals surface area contributed by atoms with E-state index in [1.54, 1.807) is 6.07 Å². The maximum Gasteiger partial charge on any atom is 0.224 e. The third kappa shape index (κ3) is 3.77. The van der Waals surface area contributed by atoms with Crippen molar-refractivity contribution in [2.45, 2.75) is 19.8 Å². The Hall–Kier alpha value is -2.33. The third-order valence-electron chi connectivity index (χ3n) is 4.16. The molecule has 1 N–H and O–H groups in total. The first-order chi connectivity index (χ1) is 11.5. The zero-order valence-corrected chi connectivity index (χ0v) is 14.6. The quantitative estimate of drug-likeness (QED) is 0.772. The van der Waals surface area contributed by atoms with Crippen LogP contribution in [0, 0.1) is 6.92 Å². The minimum absolute atomic E-state index is 0.00650. The molecule has 4 nitrogen and oxygen atoms in total. The van der Waals surface area contributed by atoms with Crippen molar-refractivity contribution in [2.75, 3.05) is 6.54 Å². The van der Waals surface area contributed by atoms with Crippen molar-refractivity contribution in [1.29, 1.82) is 0 Å². The Balaban J connectivity index is 1.55. The highest BCUT2D eigenvalue weighted by Gasteiger charge is 2.06. The number of hydrogen-bond donors (Lipinski definition) is 1. The minimum atomic E-state index is 0.00650. The molecule has 0 aliphatic rings. The number of amides is 1. The number of nitrogens with one attached hydrogen (secondary N) is 1. The summed E-state index contributed by atoms with van der Waals surface area (Å²) < 4.78 is 2.08. The number of benzene rings is 2. The lowest BCUT2D eigenvalue weighted by Crippen LogP contribution is -2.27. The summed E-state index contributed by atoms with van der Waals surface area (Å²) in [6.45, 7) is 2.60. The molecule has 0 spiro atoms. The molecular weight excluding hydrogens is 322 g/mol. The molecule has 1 heterocycles. The molecule has 5 heteroatoms. The van der Waals surface area contributed by atoms with Crippen LogP contribution in [0.2, 0.25) is 5.02 Å². The summed E-state index contributed by atoms with van der Waals surface area (Å²) >= 11 is 5.93. The summed E-state index contributed by atoms with van der Waals surface area (Å²) in [4.78, 5) is 16.5. The van der Waals surface area contributed by atoms with Crippen LogP contribution in [0.15, 0.2) is 42.5 Å². The molecule has 3 rings (SSSR count). The summed E-state index contributed by atoms with van der Waals surface area (Å²) in [5.41, 5.74) is 4.22. The number of halogens is 1. The van der Waals surface area contributed by atoms with Gasteiger partial charge in [-0.15, -0.1) is 0 Å². The second-order valence-corrected chi connectivity index (χ2v) is 6.38. The second kappa shape index (κ2) is 7.05. The van der Waals surface area contributed by atoms with Crippen molar-refractivity contribution in [2.24, 2.45) is 7.05 Å². The fraction of sp³-hybridized carbons (Fsp3) is 0.263. The lowest BCUT2D eigenvalue weighted by Gasteiger charge is -2.06. The van der Waals surface area contributed by atoms with Crippen molar-refractivity contribution in [3.8, 4) is 0 Å². The molecular formula is C19H20ClN3O. The average molecular weight is 342 g/mol. The van der Waals surface area contributed by atoms with Crippen molar-refractivity contribution in [1.82, 2.24) is 14.9 Å². The van der Waals surface area contributed by atoms with Gasteiger partial charge >= 0.3 is 0 Å². The van der Waals surface area contributed by atoms with E-state index in [2.05, 4.69) is 33.1 Å². The second-order valence-electron chi connectivity index (χ2n) is 5.95. The first-order valence-corrected chi connectivity index (χ1v) is 8.34. The van der Waals surface area contributed by atoms with E-state index in [1.165, 1.54) is 5.56 Å². The van der Waals surface area contributed by atoms with Gasteiger partial charge in [-0.05, 0) is 48.7 Å². The van der Waals surface area contributed by atoms with Crippen LogP contribution < -0.4 is 5.32 Å². The molecule has 2 aromatic carbocycles. The minimum Gasteiger partial charge on any atom is -0.355 e. The summed E-state index contributed by atoms with van der Waals surface area (Å²) in [6, 6.07) is 13.6. The first kappa shape index (κ1) is 16.5. The monoisotopic (exact) mass is 341 g/mol. The predicted molar refractivity (Wildman–Crippen MR) is 97.3 cm³/mol. The molecule has 0 unspecified atom stereocenters. The van der Waals surface area contributed by atoms with Crippen molar-refractivity contribution in [3.05, 3.63) is 64.4 Å². The number of imidazole rings is 1. The number of hydrogen-bond acceptors (Lipinski definition) is 2. The van der Waals surface area contributed by atoms with Crippen LogP contribution in [0.1, 0.15) is 17.0 Å². The molecule has 0 fully saturated rings. The van der Waals surface area contributed by atoms with Gasteiger partial charge in [0.05, 0.1) is 17.5 Å². The molecule has 3 aromatic rings. The lowest BCUT2D eigenvalue weighted by atomic mass is 10.1. The Kier molecular flexibility index (Phi) is 4.86. The van der Waals surface area contributed by atoms with E-state index < -0.39 is 0 Å². The van der Waals surface area contributed by atoms with Crippen LogP contribution in [0.25, 0.3) is 11.0 Å². The fourth-order valence-corrected chi connectivity index (χ4v) is 2.98. The molecule has 0 saturated heterocycles. The Morgan fingerprint density at radius 3 is 2.83 bits per heavy atom. The largest absolute Gasteiger partial charge is 0.355 e. The Bertz CT molecular complexity index is 885. The normalized spacial score (nSPS) is 11.0. The Morgan fingerprint density at radius 1 is 1.21 bits per heavy atom. The molecule has 1 aromatic heterocycles. The number of carbonyl (C=O) groups excluding carboxylic acids is 1. The molecule has 0 bridgehead atoms. The van der Waals surface area contributed by atoms with Gasteiger partial charge in [-0.25, -0.2) is 4.98 Å². The summed E-state index contributed by atoms with van der Waals surface area (Å²) in [5.74, 6) is 1.00. The zero-order chi connectivity index (χ0) is 17.1. The molecule has 0 atom stereocenters. The third-order valence-corrected chi connectivity index (χ3v) is 4.39. The molecule has 0 aliphatic heterocycles. The maximum absolute atomic E-state index is 12.0. The molecule has 0 saturated carbocycles. The van der Waals surface area contributed by atoms with E-state index in [0.717, 1.165) is 28.8 Å². The van der Waals surface area contributed by atoms with Gasteiger partial charge in [0.1, 0.15) is 5.82 Å². The summed E-state index contributed by atoms with van der Waals surface area (Å²) in [5, 5.41) is 3.61. The number of fused-ring (bicyclic) bond motifs is 1. The van der Waals surface area contributed by atoms with E-state index in [9.17, 15) is 4.79 Å². The molecule has 1 amide bonds. The number of rotatable bonds is 5. The predicted octanol–water partition coefficient (Wildman–Crippen LogP) is 3.44. The lowest BCUT2D eigenvalue weighted by molar-refractivity contribution is -0.120. The van der Waals surface area contributed by atoms with Gasteiger partial charge in [0.25, 0.3) is 0 Å². The number of nitrogens with zero attached hydrogens (tertiary/aromatic N) is 2. The van der Waals surface area contributed by atoms with Crippen LogP contribution in [-0.2, 0) is 24.7 Å². The van der Waals surface area contributed by atoms with Crippen molar-refractivity contribution >= 4 is 28.5 Å². The van der Waals surface area contributed by atoms with Gasteiger partial charge in [-0.2, -0.15) is 0 Å². The van der Waals surface area contributed by atoms with Crippen LogP contribution in [0.4, 0.5) is 0 Å². The van der Waals surface area contributed by atoms with Gasteiger partial charge in [0.15, 0.2) is 0 Å². The van der Waals surface area contributed by atoms with Crippen LogP contribution >= 0.6 is 11.6 Å². The smallest absolute Gasteiger partial charge is 0.224 e. The van der Waals surface area contributed by atoms with Gasteiger partial charge in [-0.3, -0.25) is 4.79 Å². The highest BCUT2D eigenvalue weighted by molar-refractivity contribution is 6.30. The maximum atomic E-state index is 12.0. The fourth-order valence-electron chi connectivity index (χ4n) is 2.76. The van der Waals surface area contributed by atoms with Crippen LogP contribution in [0.5, 0.6) is 0 Å². The molecule has 0 radical (unpaired) electrons. The van der Waals surface area contributed by atoms with E-state index in [-0.39, 0.29) is 5.91 Å². The summed E-state index contributed by atoms with van der Waals surface area (Å²) in [7, 11) is 2.01. The number of aromatic nitrogens is 2. The van der Waals surface area contributed by atoms with E-state index in [4.69, 9.17) is 11.6 Å². The number of aryl methyl sites for hydroxylation is 2. The van der Waals surface area contributed by atoms with Crippen LogP contribution in [0.3, 0.4) is 0 Å². The Labute approximate surface area is 146 Å². The number of carbonyl (C=O) groups is 1. The average Bonchev–Trinajstić information content (AvgIpc) is 2.81. The Morgan fingerprint density at radius 2 is 2.04 bits per heavy atom. The van der Waals surface area contributed by atoms with Gasteiger partial charge in [0, 0.05) is 18.6 Å². The molecule has 24 heavy (non-hydrogen) atoms. The molecule has 124 valence electrons. The zero-order valence-electron chi connectivity index (χ0n) is 13.8. The van der Waals surface area contributed by atoms with Gasteiger partial charge < -0.3 is 9.88 Å². The van der Waals surface area contributed by atoms with Gasteiger partial charge in [-0.1, -0.05) is 29.8 Å². The highest BCUT2D eigenvalue weighted by Crippen LogP contribution is 2.16. The molecule has 0 aliphatic carbocycles. The standard InChI is InChI=1S/C19H20ClN3O/c1-13-22-17-11-14(6-7-18(17)23(13)2)8-9-21-19(24)12-15-4-3-5-16(20)10-15/h3-7,10-11H,8-9,12H2,1-2H3,(H,21,24). The van der Waals surface area contributed by atoms with E-state index in [1.807, 2.05) is 32.2 Å². The van der Waals surface area contributed by atoms with Crippen LogP contribution in [-0.4, -0.2) is 22.0 Å². The van der Waals surface area contributed by atoms with Crippen molar-refractivity contribution in [3.63, 3.8) is 0 Å². The van der Waals surface area contributed by atoms with Gasteiger partial charge in [0.2, 0.25) is 5.91 Å². The summed E-state index contributed by atoms with van der Waals surface area (Å²) in [6.07, 6.45) is 1.13.